The SMILES string of the molecule is Nc1nc2sccn2c1S(=O)(=O)NCCc1ccc(Cl)s1. The van der Waals surface area contributed by atoms with Crippen LogP contribution in [0.2, 0.25) is 4.34 Å². The molecule has 0 aliphatic rings. The van der Waals surface area contributed by atoms with Gasteiger partial charge in [0.1, 0.15) is 0 Å². The summed E-state index contributed by atoms with van der Waals surface area (Å²) in [4.78, 5) is 5.61. The molecule has 112 valence electrons. The monoisotopic (exact) mass is 362 g/mol. The number of fused-ring (bicyclic) bond motifs is 1. The fourth-order valence-corrected chi connectivity index (χ4v) is 5.01. The standard InChI is InChI=1S/C11H11ClN4O2S3/c12-8-2-1-7(20-8)3-4-14-21(17,18)10-9(13)15-11-16(10)5-6-19-11/h1-2,5-6,14H,3-4,13H2. The van der Waals surface area contributed by atoms with Crippen LogP contribution in [0.15, 0.2) is 28.7 Å². The maximum atomic E-state index is 12.4. The number of aromatic nitrogens is 2. The lowest BCUT2D eigenvalue weighted by atomic mass is 10.3. The maximum Gasteiger partial charge on any atom is 0.260 e. The molecule has 3 aromatic heterocycles. The molecule has 3 N–H and O–H groups in total. The van der Waals surface area contributed by atoms with Crippen molar-refractivity contribution in [3.63, 3.8) is 0 Å². The van der Waals surface area contributed by atoms with Crippen LogP contribution in [-0.4, -0.2) is 24.3 Å². The second kappa shape index (κ2) is 5.58. The van der Waals surface area contributed by atoms with Crippen molar-refractivity contribution in [2.45, 2.75) is 11.4 Å². The third-order valence-corrected chi connectivity index (χ3v) is 6.34. The number of hydrogen-bond acceptors (Lipinski definition) is 6. The lowest BCUT2D eigenvalue weighted by Gasteiger charge is -2.05. The molecule has 0 atom stereocenters. The number of hydrogen-bond donors (Lipinski definition) is 2. The van der Waals surface area contributed by atoms with E-state index in [2.05, 4.69) is 9.71 Å². The van der Waals surface area contributed by atoms with Crippen molar-refractivity contribution < 1.29 is 8.42 Å². The molecule has 0 bridgehead atoms. The Labute approximate surface area is 134 Å². The van der Waals surface area contributed by atoms with E-state index in [0.29, 0.717) is 15.7 Å². The third kappa shape index (κ3) is 2.92. The lowest BCUT2D eigenvalue weighted by molar-refractivity contribution is 0.577. The highest BCUT2D eigenvalue weighted by molar-refractivity contribution is 7.89. The van der Waals surface area contributed by atoms with Crippen LogP contribution in [0.1, 0.15) is 4.88 Å². The predicted molar refractivity (Wildman–Crippen MR) is 85.7 cm³/mol. The van der Waals surface area contributed by atoms with Crippen LogP contribution >= 0.6 is 34.3 Å². The number of nitrogens with two attached hydrogens (primary N) is 1. The minimum Gasteiger partial charge on any atom is -0.381 e. The van der Waals surface area contributed by atoms with Gasteiger partial charge in [0.2, 0.25) is 0 Å². The van der Waals surface area contributed by atoms with E-state index in [1.807, 2.05) is 6.07 Å². The number of anilines is 1. The van der Waals surface area contributed by atoms with Crippen molar-refractivity contribution in [2.24, 2.45) is 0 Å². The fourth-order valence-electron chi connectivity index (χ4n) is 1.91. The maximum absolute atomic E-state index is 12.4. The Balaban J connectivity index is 1.77. The van der Waals surface area contributed by atoms with Gasteiger partial charge in [0.25, 0.3) is 10.0 Å². The average molecular weight is 363 g/mol. The summed E-state index contributed by atoms with van der Waals surface area (Å²) in [6.07, 6.45) is 2.21. The zero-order valence-corrected chi connectivity index (χ0v) is 13.8. The van der Waals surface area contributed by atoms with E-state index in [-0.39, 0.29) is 17.4 Å². The van der Waals surface area contributed by atoms with Crippen LogP contribution in [0.25, 0.3) is 4.96 Å². The molecular weight excluding hydrogens is 352 g/mol. The number of thiophene rings is 1. The first-order chi connectivity index (χ1) is 9.97. The number of rotatable bonds is 5. The van der Waals surface area contributed by atoms with Crippen molar-refractivity contribution in [1.82, 2.24) is 14.1 Å². The second-order valence-corrected chi connectivity index (χ2v) is 8.57. The molecule has 0 fully saturated rings. The highest BCUT2D eigenvalue weighted by atomic mass is 35.5. The Morgan fingerprint density at radius 3 is 2.95 bits per heavy atom. The van der Waals surface area contributed by atoms with Crippen LogP contribution < -0.4 is 10.5 Å². The summed E-state index contributed by atoms with van der Waals surface area (Å²) >= 11 is 8.60. The van der Waals surface area contributed by atoms with E-state index >= 15 is 0 Å². The molecule has 6 nitrogen and oxygen atoms in total. The molecule has 0 saturated heterocycles. The van der Waals surface area contributed by atoms with Gasteiger partial charge in [0, 0.05) is 23.0 Å². The molecule has 3 rings (SSSR count). The van der Waals surface area contributed by atoms with Crippen molar-refractivity contribution in [1.29, 1.82) is 0 Å². The molecule has 21 heavy (non-hydrogen) atoms. The topological polar surface area (TPSA) is 89.5 Å². The van der Waals surface area contributed by atoms with Gasteiger partial charge in [-0.3, -0.25) is 4.40 Å². The molecule has 10 heteroatoms. The largest absolute Gasteiger partial charge is 0.381 e. The summed E-state index contributed by atoms with van der Waals surface area (Å²) in [5.41, 5.74) is 5.71. The molecule has 0 aromatic carbocycles. The Morgan fingerprint density at radius 1 is 1.43 bits per heavy atom. The molecule has 0 amide bonds. The number of thiazole rings is 1. The van der Waals surface area contributed by atoms with E-state index in [0.717, 1.165) is 4.88 Å². The normalized spacial score (nSPS) is 12.2. The second-order valence-electron chi connectivity index (χ2n) is 4.21. The number of nitrogens with one attached hydrogen (secondary N) is 1. The van der Waals surface area contributed by atoms with E-state index in [9.17, 15) is 8.42 Å². The number of sulfonamides is 1. The molecule has 0 radical (unpaired) electrons. The van der Waals surface area contributed by atoms with Gasteiger partial charge in [-0.2, -0.15) is 0 Å². The van der Waals surface area contributed by atoms with Gasteiger partial charge in [-0.1, -0.05) is 11.6 Å². The van der Waals surface area contributed by atoms with Gasteiger partial charge in [-0.05, 0) is 18.6 Å². The summed E-state index contributed by atoms with van der Waals surface area (Å²) in [5, 5.41) is 1.75. The van der Waals surface area contributed by atoms with Crippen LogP contribution in [0.4, 0.5) is 5.82 Å². The van der Waals surface area contributed by atoms with E-state index in [4.69, 9.17) is 17.3 Å². The van der Waals surface area contributed by atoms with Gasteiger partial charge < -0.3 is 5.73 Å². The minimum atomic E-state index is -3.70. The van der Waals surface area contributed by atoms with Crippen molar-refractivity contribution in [3.8, 4) is 0 Å². The molecule has 3 heterocycles. The van der Waals surface area contributed by atoms with Crippen LogP contribution in [-0.2, 0) is 16.4 Å². The van der Waals surface area contributed by atoms with Crippen LogP contribution in [0.5, 0.6) is 0 Å². The van der Waals surface area contributed by atoms with Gasteiger partial charge >= 0.3 is 0 Å². The molecule has 0 spiro atoms. The number of imidazole rings is 1. The van der Waals surface area contributed by atoms with Crippen LogP contribution in [0, 0.1) is 0 Å². The Morgan fingerprint density at radius 2 is 2.24 bits per heavy atom. The number of nitrogen functional groups attached to an aromatic ring is 1. The molecule has 0 aliphatic carbocycles. The van der Waals surface area contributed by atoms with Gasteiger partial charge in [0.05, 0.1) is 4.34 Å². The quantitative estimate of drug-likeness (QED) is 0.728. The van der Waals surface area contributed by atoms with Gasteiger partial charge in [-0.25, -0.2) is 18.1 Å². The molecule has 0 unspecified atom stereocenters. The van der Waals surface area contributed by atoms with Crippen LogP contribution in [0.3, 0.4) is 0 Å². The molecule has 0 saturated carbocycles. The fraction of sp³-hybridized carbons (Fsp3) is 0.182. The highest BCUT2D eigenvalue weighted by Gasteiger charge is 2.24. The lowest BCUT2D eigenvalue weighted by Crippen LogP contribution is -2.27. The van der Waals surface area contributed by atoms with Gasteiger partial charge in [0.15, 0.2) is 15.8 Å². The van der Waals surface area contributed by atoms with Crippen molar-refractivity contribution in [3.05, 3.63) is 32.9 Å². The van der Waals surface area contributed by atoms with Crippen molar-refractivity contribution in [2.75, 3.05) is 12.3 Å². The summed E-state index contributed by atoms with van der Waals surface area (Å²) in [6.45, 7) is 0.274. The van der Waals surface area contributed by atoms with E-state index in [1.54, 1.807) is 17.6 Å². The number of nitrogens with zero attached hydrogens (tertiary/aromatic N) is 2. The minimum absolute atomic E-state index is 0.00789. The Bertz CT molecular complexity index is 880. The summed E-state index contributed by atoms with van der Waals surface area (Å²) in [7, 11) is -3.70. The summed E-state index contributed by atoms with van der Waals surface area (Å²) < 4.78 is 29.4. The van der Waals surface area contributed by atoms with Crippen molar-refractivity contribution >= 4 is 55.1 Å². The highest BCUT2D eigenvalue weighted by Crippen LogP contribution is 2.24. The zero-order valence-electron chi connectivity index (χ0n) is 10.6. The van der Waals surface area contributed by atoms with E-state index < -0.39 is 10.0 Å². The van der Waals surface area contributed by atoms with Gasteiger partial charge in [-0.15, -0.1) is 22.7 Å². The first kappa shape index (κ1) is 14.8. The zero-order chi connectivity index (χ0) is 15.0. The smallest absolute Gasteiger partial charge is 0.260 e. The predicted octanol–water partition coefficient (Wildman–Crippen LogP) is 2.21. The van der Waals surface area contributed by atoms with E-state index in [1.165, 1.54) is 27.1 Å². The molecular formula is C11H11ClN4O2S3. The third-order valence-electron chi connectivity index (χ3n) is 2.79. The first-order valence-electron chi connectivity index (χ1n) is 5.92. The molecule has 0 aliphatic heterocycles. The summed E-state index contributed by atoms with van der Waals surface area (Å²) in [5.74, 6) is 0.00789. The number of halogens is 1. The first-order valence-corrected chi connectivity index (χ1v) is 9.48. The Hall–Kier alpha value is -1.13. The summed E-state index contributed by atoms with van der Waals surface area (Å²) in [6, 6.07) is 3.67. The molecule has 3 aromatic rings. The average Bonchev–Trinajstić information content (AvgIpc) is 3.04. The Kier molecular flexibility index (Phi) is 3.93.